The van der Waals surface area contributed by atoms with Gasteiger partial charge < -0.3 is 14.6 Å². The van der Waals surface area contributed by atoms with Crippen molar-refractivity contribution in [2.75, 3.05) is 20.3 Å². The lowest BCUT2D eigenvalue weighted by molar-refractivity contribution is -0.122. The van der Waals surface area contributed by atoms with E-state index in [2.05, 4.69) is 15.6 Å². The predicted molar refractivity (Wildman–Crippen MR) is 102 cm³/mol. The van der Waals surface area contributed by atoms with E-state index >= 15 is 0 Å². The van der Waals surface area contributed by atoms with Crippen molar-refractivity contribution < 1.29 is 14.1 Å². The van der Waals surface area contributed by atoms with Crippen LogP contribution in [0.5, 0.6) is 0 Å². The molecule has 0 aliphatic carbocycles. The van der Waals surface area contributed by atoms with E-state index in [4.69, 9.17) is 9.26 Å². The first-order valence-corrected chi connectivity index (χ1v) is 9.18. The van der Waals surface area contributed by atoms with Crippen molar-refractivity contribution in [2.45, 2.75) is 20.4 Å². The molecule has 3 aromatic heterocycles. The van der Waals surface area contributed by atoms with Crippen LogP contribution in [0.4, 0.5) is 0 Å². The Labute approximate surface area is 159 Å². The molecule has 0 unspecified atom stereocenters. The zero-order valence-electron chi connectivity index (χ0n) is 15.3. The third-order valence-corrected chi connectivity index (χ3v) is 4.79. The maximum atomic E-state index is 12.5. The van der Waals surface area contributed by atoms with Crippen LogP contribution in [0.1, 0.15) is 10.6 Å². The van der Waals surface area contributed by atoms with Gasteiger partial charge in [-0.2, -0.15) is 5.10 Å². The van der Waals surface area contributed by atoms with Gasteiger partial charge in [0.25, 0.3) is 5.56 Å². The van der Waals surface area contributed by atoms with Crippen molar-refractivity contribution in [1.29, 1.82) is 0 Å². The number of amides is 1. The van der Waals surface area contributed by atoms with E-state index in [0.717, 1.165) is 14.4 Å². The molecule has 0 spiro atoms. The molecule has 1 amide bonds. The second-order valence-electron chi connectivity index (χ2n) is 5.99. The summed E-state index contributed by atoms with van der Waals surface area (Å²) in [5, 5.41) is 11.0. The zero-order chi connectivity index (χ0) is 19.4. The van der Waals surface area contributed by atoms with Crippen LogP contribution in [0.25, 0.3) is 21.9 Å². The third-order valence-electron chi connectivity index (χ3n) is 3.79. The molecule has 0 fully saturated rings. The molecule has 142 valence electrons. The van der Waals surface area contributed by atoms with Crippen LogP contribution >= 0.6 is 11.3 Å². The molecule has 0 atom stereocenters. The van der Waals surface area contributed by atoms with Crippen molar-refractivity contribution >= 4 is 17.2 Å². The van der Waals surface area contributed by atoms with Crippen LogP contribution < -0.4 is 10.9 Å². The number of rotatable bonds is 7. The van der Waals surface area contributed by atoms with Crippen molar-refractivity contribution in [3.05, 3.63) is 45.2 Å². The highest BCUT2D eigenvalue weighted by molar-refractivity contribution is 7.15. The minimum Gasteiger partial charge on any atom is -0.383 e. The Morgan fingerprint density at radius 2 is 2.15 bits per heavy atom. The summed E-state index contributed by atoms with van der Waals surface area (Å²) >= 11 is 1.55. The Morgan fingerprint density at radius 1 is 1.33 bits per heavy atom. The summed E-state index contributed by atoms with van der Waals surface area (Å²) in [6, 6.07) is 7.09. The number of hydrogen-bond donors (Lipinski definition) is 1. The molecular formula is C18H20N4O4S. The summed E-state index contributed by atoms with van der Waals surface area (Å²) in [6.45, 7) is 4.40. The fraction of sp³-hybridized carbons (Fsp3) is 0.333. The SMILES string of the molecule is COCCNC(=O)Cn1nc(-c2ccc(C)s2)c(-c2cc(C)no2)cc1=O. The number of hydrogen-bond acceptors (Lipinski definition) is 7. The highest BCUT2D eigenvalue weighted by atomic mass is 32.1. The monoisotopic (exact) mass is 388 g/mol. The van der Waals surface area contributed by atoms with Crippen molar-refractivity contribution in [3.8, 4) is 21.9 Å². The third kappa shape index (κ3) is 4.50. The maximum Gasteiger partial charge on any atom is 0.268 e. The molecule has 8 nitrogen and oxygen atoms in total. The molecule has 0 saturated heterocycles. The van der Waals surface area contributed by atoms with E-state index < -0.39 is 5.56 Å². The quantitative estimate of drug-likeness (QED) is 0.622. The van der Waals surface area contributed by atoms with E-state index in [1.54, 1.807) is 31.4 Å². The minimum atomic E-state index is -0.391. The van der Waals surface area contributed by atoms with Gasteiger partial charge in [0.15, 0.2) is 5.76 Å². The molecule has 0 bridgehead atoms. The Balaban J connectivity index is 1.99. The molecule has 1 N–H and O–H groups in total. The summed E-state index contributed by atoms with van der Waals surface area (Å²) in [4.78, 5) is 26.6. The Hall–Kier alpha value is -2.78. The molecule has 0 saturated carbocycles. The highest BCUT2D eigenvalue weighted by Gasteiger charge is 2.18. The van der Waals surface area contributed by atoms with Gasteiger partial charge in [-0.3, -0.25) is 9.59 Å². The summed E-state index contributed by atoms with van der Waals surface area (Å²) in [5.41, 5.74) is 1.45. The van der Waals surface area contributed by atoms with Crippen LogP contribution in [0.2, 0.25) is 0 Å². The average Bonchev–Trinajstić information content (AvgIpc) is 3.25. The van der Waals surface area contributed by atoms with E-state index in [1.165, 1.54) is 6.07 Å². The van der Waals surface area contributed by atoms with Gasteiger partial charge in [-0.25, -0.2) is 4.68 Å². The number of aryl methyl sites for hydroxylation is 2. The van der Waals surface area contributed by atoms with Gasteiger partial charge in [-0.15, -0.1) is 11.3 Å². The summed E-state index contributed by atoms with van der Waals surface area (Å²) in [7, 11) is 1.55. The van der Waals surface area contributed by atoms with Crippen molar-refractivity contribution in [1.82, 2.24) is 20.3 Å². The molecule has 0 aromatic carbocycles. The smallest absolute Gasteiger partial charge is 0.268 e. The molecule has 0 aliphatic heterocycles. The van der Waals surface area contributed by atoms with Crippen LogP contribution in [-0.2, 0) is 16.1 Å². The number of nitrogens with zero attached hydrogens (tertiary/aromatic N) is 3. The summed E-state index contributed by atoms with van der Waals surface area (Å²) < 4.78 is 11.4. The molecule has 0 radical (unpaired) electrons. The van der Waals surface area contributed by atoms with Gasteiger partial charge in [-0.1, -0.05) is 5.16 Å². The fourth-order valence-corrected chi connectivity index (χ4v) is 3.38. The van der Waals surface area contributed by atoms with Crippen molar-refractivity contribution in [3.63, 3.8) is 0 Å². The topological polar surface area (TPSA) is 99.2 Å². The molecule has 0 aliphatic rings. The summed E-state index contributed by atoms with van der Waals surface area (Å²) in [5.74, 6) is 0.160. The first-order valence-electron chi connectivity index (χ1n) is 8.36. The number of methoxy groups -OCH3 is 1. The van der Waals surface area contributed by atoms with E-state index in [9.17, 15) is 9.59 Å². The first-order chi connectivity index (χ1) is 13.0. The molecular weight excluding hydrogens is 368 g/mol. The molecule has 27 heavy (non-hydrogen) atoms. The number of carbonyl (C=O) groups is 1. The maximum absolute atomic E-state index is 12.5. The Morgan fingerprint density at radius 3 is 2.78 bits per heavy atom. The number of thiophene rings is 1. The molecule has 9 heteroatoms. The van der Waals surface area contributed by atoms with E-state index in [-0.39, 0.29) is 12.5 Å². The number of carbonyl (C=O) groups excluding carboxylic acids is 1. The van der Waals surface area contributed by atoms with Crippen LogP contribution in [0.3, 0.4) is 0 Å². The molecule has 3 aromatic rings. The van der Waals surface area contributed by atoms with E-state index in [1.807, 2.05) is 19.1 Å². The van der Waals surface area contributed by atoms with E-state index in [0.29, 0.717) is 35.9 Å². The van der Waals surface area contributed by atoms with Gasteiger partial charge >= 0.3 is 0 Å². The number of ether oxygens (including phenoxy) is 1. The van der Waals surface area contributed by atoms with Crippen LogP contribution in [0, 0.1) is 13.8 Å². The number of nitrogens with one attached hydrogen (secondary N) is 1. The van der Waals surface area contributed by atoms with Gasteiger partial charge in [0.05, 0.1) is 22.7 Å². The normalized spacial score (nSPS) is 10.9. The van der Waals surface area contributed by atoms with Crippen LogP contribution in [-0.4, -0.2) is 41.1 Å². The second-order valence-corrected chi connectivity index (χ2v) is 7.28. The highest BCUT2D eigenvalue weighted by Crippen LogP contribution is 2.33. The Kier molecular flexibility index (Phi) is 5.82. The lowest BCUT2D eigenvalue weighted by Gasteiger charge is -2.10. The summed E-state index contributed by atoms with van der Waals surface area (Å²) in [6.07, 6.45) is 0. The zero-order valence-corrected chi connectivity index (χ0v) is 16.1. The van der Waals surface area contributed by atoms with Crippen molar-refractivity contribution in [2.24, 2.45) is 0 Å². The largest absolute Gasteiger partial charge is 0.383 e. The predicted octanol–water partition coefficient (Wildman–Crippen LogP) is 2.01. The molecule has 3 heterocycles. The standard InChI is InChI=1S/C18H20N4O4S/c1-11-8-14(26-21-11)13-9-17(24)22(10-16(23)19-6-7-25-3)20-18(13)15-5-4-12(2)27-15/h4-5,8-9H,6-7,10H2,1-3H3,(H,19,23). The molecule has 3 rings (SSSR count). The fourth-order valence-electron chi connectivity index (χ4n) is 2.51. The van der Waals surface area contributed by atoms with Gasteiger partial charge in [0.2, 0.25) is 5.91 Å². The lowest BCUT2D eigenvalue weighted by Crippen LogP contribution is -2.35. The first kappa shape index (κ1) is 19.0. The van der Waals surface area contributed by atoms with Crippen LogP contribution in [0.15, 0.2) is 33.6 Å². The minimum absolute atomic E-state index is 0.171. The van der Waals surface area contributed by atoms with Gasteiger partial charge in [-0.05, 0) is 26.0 Å². The van der Waals surface area contributed by atoms with Gasteiger partial charge in [0, 0.05) is 30.7 Å². The number of aromatic nitrogens is 3. The second kappa shape index (κ2) is 8.28. The average molecular weight is 388 g/mol. The lowest BCUT2D eigenvalue weighted by atomic mass is 10.1. The van der Waals surface area contributed by atoms with Gasteiger partial charge in [0.1, 0.15) is 12.2 Å². The Bertz CT molecular complexity index is 1000.